The molecule has 1 aliphatic heterocycles. The lowest BCUT2D eigenvalue weighted by atomic mass is 10.0. The fourth-order valence-corrected chi connectivity index (χ4v) is 2.14. The lowest BCUT2D eigenvalue weighted by Crippen LogP contribution is -2.50. The predicted molar refractivity (Wildman–Crippen MR) is 82.7 cm³/mol. The number of ether oxygens (including phenoxy) is 3. The van der Waals surface area contributed by atoms with E-state index in [-0.39, 0.29) is 11.7 Å². The molecule has 6 nitrogen and oxygen atoms in total. The maximum absolute atomic E-state index is 12.4. The lowest BCUT2D eigenvalue weighted by molar-refractivity contribution is -0.00812. The zero-order valence-electron chi connectivity index (χ0n) is 15.1. The molecule has 128 valence electrons. The van der Waals surface area contributed by atoms with E-state index < -0.39 is 29.4 Å². The molecule has 6 heteroatoms. The summed E-state index contributed by atoms with van der Waals surface area (Å²) in [4.78, 5) is 25.8. The van der Waals surface area contributed by atoms with Gasteiger partial charge in [-0.05, 0) is 62.3 Å². The summed E-state index contributed by atoms with van der Waals surface area (Å²) in [5.74, 6) is 0. The summed E-state index contributed by atoms with van der Waals surface area (Å²) in [6.07, 6.45) is -1.67. The van der Waals surface area contributed by atoms with Gasteiger partial charge in [0.25, 0.3) is 0 Å². The Labute approximate surface area is 133 Å². The Kier molecular flexibility index (Phi) is 4.88. The second kappa shape index (κ2) is 5.72. The largest absolute Gasteiger partial charge is 0.443 e. The molecule has 1 saturated heterocycles. The third-order valence-electron chi connectivity index (χ3n) is 3.08. The Hall–Kier alpha value is -1.30. The van der Waals surface area contributed by atoms with Gasteiger partial charge >= 0.3 is 12.2 Å². The Bertz CT molecular complexity index is 416. The van der Waals surface area contributed by atoms with Crippen LogP contribution in [0.25, 0.3) is 0 Å². The molecule has 0 spiro atoms. The van der Waals surface area contributed by atoms with Crippen molar-refractivity contribution >= 4 is 12.2 Å². The molecule has 2 amide bonds. The average Bonchev–Trinajstić information content (AvgIpc) is 2.81. The van der Waals surface area contributed by atoms with E-state index in [9.17, 15) is 9.59 Å². The number of carbonyl (C=O) groups excluding carboxylic acids is 2. The van der Waals surface area contributed by atoms with Crippen LogP contribution in [0.4, 0.5) is 9.59 Å². The van der Waals surface area contributed by atoms with Gasteiger partial charge in [0.15, 0.2) is 0 Å². The van der Waals surface area contributed by atoms with Crippen molar-refractivity contribution in [1.29, 1.82) is 0 Å². The van der Waals surface area contributed by atoms with Crippen LogP contribution in [0, 0.1) is 0 Å². The maximum Gasteiger partial charge on any atom is 0.420 e. The van der Waals surface area contributed by atoms with Crippen molar-refractivity contribution in [2.45, 2.75) is 91.3 Å². The normalized spacial score (nSPS) is 21.8. The smallest absolute Gasteiger partial charge is 0.420 e. The van der Waals surface area contributed by atoms with Crippen molar-refractivity contribution in [2.24, 2.45) is 0 Å². The van der Waals surface area contributed by atoms with E-state index in [1.807, 2.05) is 13.8 Å². The van der Waals surface area contributed by atoms with Crippen LogP contribution in [0.3, 0.4) is 0 Å². The lowest BCUT2D eigenvalue weighted by Gasteiger charge is -2.31. The SMILES string of the molecule is C[C@@H]([C@@H]1OC1(C)C)N(C(=O)OC(C)(C)C)C(=O)OC(C)(C)C. The van der Waals surface area contributed by atoms with Crippen molar-refractivity contribution in [2.75, 3.05) is 0 Å². The summed E-state index contributed by atoms with van der Waals surface area (Å²) in [7, 11) is 0. The Morgan fingerprint density at radius 2 is 1.32 bits per heavy atom. The minimum absolute atomic E-state index is 0.229. The second-order valence-electron chi connectivity index (χ2n) is 8.21. The molecule has 1 aliphatic rings. The van der Waals surface area contributed by atoms with Gasteiger partial charge in [-0.3, -0.25) is 0 Å². The van der Waals surface area contributed by atoms with Crippen LogP contribution < -0.4 is 0 Å². The van der Waals surface area contributed by atoms with Gasteiger partial charge in [-0.1, -0.05) is 0 Å². The van der Waals surface area contributed by atoms with Gasteiger partial charge in [0, 0.05) is 0 Å². The van der Waals surface area contributed by atoms with Gasteiger partial charge < -0.3 is 14.2 Å². The molecule has 0 saturated carbocycles. The average molecular weight is 315 g/mol. The van der Waals surface area contributed by atoms with Crippen LogP contribution in [0.15, 0.2) is 0 Å². The van der Waals surface area contributed by atoms with E-state index in [0.717, 1.165) is 4.90 Å². The minimum Gasteiger partial charge on any atom is -0.443 e. The summed E-state index contributed by atoms with van der Waals surface area (Å²) >= 11 is 0. The highest BCUT2D eigenvalue weighted by Gasteiger charge is 2.55. The maximum atomic E-state index is 12.4. The molecule has 0 unspecified atom stereocenters. The van der Waals surface area contributed by atoms with Gasteiger partial charge in [0.2, 0.25) is 0 Å². The standard InChI is InChI=1S/C16H29NO5/c1-10(11-16(8,9)20-11)17(12(18)21-14(2,3)4)13(19)22-15(5,6)7/h10-11H,1-9H3/t10-,11-/m0/s1. The molecule has 1 fully saturated rings. The first kappa shape index (κ1) is 18.7. The number of rotatable bonds is 2. The highest BCUT2D eigenvalue weighted by atomic mass is 16.6. The highest BCUT2D eigenvalue weighted by Crippen LogP contribution is 2.40. The van der Waals surface area contributed by atoms with Crippen LogP contribution >= 0.6 is 0 Å². The van der Waals surface area contributed by atoms with E-state index in [1.165, 1.54) is 0 Å². The topological polar surface area (TPSA) is 68.4 Å². The van der Waals surface area contributed by atoms with E-state index >= 15 is 0 Å². The zero-order valence-corrected chi connectivity index (χ0v) is 15.1. The van der Waals surface area contributed by atoms with E-state index in [4.69, 9.17) is 14.2 Å². The third kappa shape index (κ3) is 5.16. The summed E-state index contributed by atoms with van der Waals surface area (Å²) in [6, 6.07) is -0.473. The first-order chi connectivity index (χ1) is 9.64. The summed E-state index contributed by atoms with van der Waals surface area (Å²) in [5, 5.41) is 0. The molecule has 0 aromatic carbocycles. The molecule has 0 aliphatic carbocycles. The molecule has 1 heterocycles. The number of amides is 2. The third-order valence-corrected chi connectivity index (χ3v) is 3.08. The number of hydrogen-bond donors (Lipinski definition) is 0. The van der Waals surface area contributed by atoms with Crippen LogP contribution in [-0.2, 0) is 14.2 Å². The zero-order chi connectivity index (χ0) is 17.5. The van der Waals surface area contributed by atoms with Crippen LogP contribution in [0.2, 0.25) is 0 Å². The van der Waals surface area contributed by atoms with Crippen molar-refractivity contribution in [1.82, 2.24) is 4.90 Å². The van der Waals surface area contributed by atoms with Crippen molar-refractivity contribution < 1.29 is 23.8 Å². The molecule has 1 rings (SSSR count). The first-order valence-electron chi connectivity index (χ1n) is 7.57. The Balaban J connectivity index is 2.95. The van der Waals surface area contributed by atoms with Gasteiger partial charge in [0.05, 0.1) is 11.6 Å². The molecule has 0 radical (unpaired) electrons. The predicted octanol–water partition coefficient (Wildman–Crippen LogP) is 3.72. The summed E-state index contributed by atoms with van der Waals surface area (Å²) in [5.41, 5.74) is -1.75. The molecule has 0 aromatic heterocycles. The molecule has 0 aromatic rings. The fraction of sp³-hybridized carbons (Fsp3) is 0.875. The van der Waals surface area contributed by atoms with Gasteiger partial charge in [-0.2, -0.15) is 0 Å². The van der Waals surface area contributed by atoms with E-state index in [0.29, 0.717) is 0 Å². The van der Waals surface area contributed by atoms with Gasteiger partial charge in [-0.25, -0.2) is 14.5 Å². The number of epoxide rings is 1. The summed E-state index contributed by atoms with van der Waals surface area (Å²) in [6.45, 7) is 16.1. The molecule has 0 N–H and O–H groups in total. The van der Waals surface area contributed by atoms with Crippen molar-refractivity contribution in [3.63, 3.8) is 0 Å². The minimum atomic E-state index is -0.722. The van der Waals surface area contributed by atoms with Gasteiger partial charge in [-0.15, -0.1) is 0 Å². The highest BCUT2D eigenvalue weighted by molar-refractivity contribution is 5.88. The fourth-order valence-electron chi connectivity index (χ4n) is 2.14. The number of carbonyl (C=O) groups is 2. The number of nitrogens with zero attached hydrogens (tertiary/aromatic N) is 1. The monoisotopic (exact) mass is 315 g/mol. The summed E-state index contributed by atoms with van der Waals surface area (Å²) < 4.78 is 16.2. The van der Waals surface area contributed by atoms with E-state index in [2.05, 4.69) is 0 Å². The first-order valence-corrected chi connectivity index (χ1v) is 7.57. The second-order valence-corrected chi connectivity index (χ2v) is 8.21. The van der Waals surface area contributed by atoms with Crippen molar-refractivity contribution in [3.05, 3.63) is 0 Å². The molecular weight excluding hydrogens is 286 g/mol. The Morgan fingerprint density at radius 1 is 1.00 bits per heavy atom. The van der Waals surface area contributed by atoms with Crippen LogP contribution in [-0.4, -0.2) is 46.0 Å². The van der Waals surface area contributed by atoms with Gasteiger partial charge in [0.1, 0.15) is 17.3 Å². The number of hydrogen-bond acceptors (Lipinski definition) is 5. The molecule has 2 atom stereocenters. The molecule has 22 heavy (non-hydrogen) atoms. The van der Waals surface area contributed by atoms with E-state index in [1.54, 1.807) is 48.5 Å². The van der Waals surface area contributed by atoms with Crippen molar-refractivity contribution in [3.8, 4) is 0 Å². The Morgan fingerprint density at radius 3 is 1.55 bits per heavy atom. The number of imide groups is 1. The quantitative estimate of drug-likeness (QED) is 0.726. The molecular formula is C16H29NO5. The van der Waals surface area contributed by atoms with Crippen LogP contribution in [0.1, 0.15) is 62.3 Å². The van der Waals surface area contributed by atoms with Crippen LogP contribution in [0.5, 0.6) is 0 Å². The molecule has 0 bridgehead atoms.